The van der Waals surface area contributed by atoms with Crippen molar-refractivity contribution in [3.63, 3.8) is 0 Å². The van der Waals surface area contributed by atoms with E-state index in [9.17, 15) is 0 Å². The Bertz CT molecular complexity index is 251. The molecule has 2 nitrogen and oxygen atoms in total. The molecule has 0 unspecified atom stereocenters. The summed E-state index contributed by atoms with van der Waals surface area (Å²) >= 11 is -1.78. The van der Waals surface area contributed by atoms with Crippen molar-refractivity contribution in [1.82, 2.24) is 0 Å². The molecule has 0 amide bonds. The number of aliphatic hydroxyl groups is 2. The molecular formula is C10H15BiO2S2. The quantitative estimate of drug-likeness (QED) is 0.617. The van der Waals surface area contributed by atoms with Crippen LogP contribution < -0.4 is 3.27 Å². The minimum absolute atomic E-state index is 0.253. The van der Waals surface area contributed by atoms with Crippen molar-refractivity contribution in [2.45, 2.75) is 0 Å². The van der Waals surface area contributed by atoms with Crippen LogP contribution in [0, 0.1) is 0 Å². The first kappa shape index (κ1) is 13.8. The van der Waals surface area contributed by atoms with Gasteiger partial charge in [-0.2, -0.15) is 0 Å². The minimum atomic E-state index is -1.78. The van der Waals surface area contributed by atoms with Gasteiger partial charge in [0.1, 0.15) is 0 Å². The molecule has 0 aromatic heterocycles. The Morgan fingerprint density at radius 2 is 1.47 bits per heavy atom. The maximum atomic E-state index is 8.84. The number of benzene rings is 1. The number of hydrogen-bond donors (Lipinski definition) is 2. The van der Waals surface area contributed by atoms with Crippen molar-refractivity contribution < 1.29 is 10.2 Å². The third-order valence-corrected chi connectivity index (χ3v) is 24.5. The average molecular weight is 440 g/mol. The molecule has 15 heavy (non-hydrogen) atoms. The summed E-state index contributed by atoms with van der Waals surface area (Å²) in [5.74, 6) is 1.65. The number of aliphatic hydroxyl groups excluding tert-OH is 2. The van der Waals surface area contributed by atoms with Gasteiger partial charge in [-0.3, -0.25) is 0 Å². The van der Waals surface area contributed by atoms with Gasteiger partial charge in [-0.05, 0) is 0 Å². The molecule has 0 aliphatic carbocycles. The van der Waals surface area contributed by atoms with Crippen molar-refractivity contribution in [2.75, 3.05) is 24.7 Å². The predicted octanol–water partition coefficient (Wildman–Crippen LogP) is 0.833. The van der Waals surface area contributed by atoms with Crippen molar-refractivity contribution >= 4 is 39.1 Å². The topological polar surface area (TPSA) is 40.5 Å². The number of hydrogen-bond acceptors (Lipinski definition) is 4. The maximum absolute atomic E-state index is 8.84. The van der Waals surface area contributed by atoms with E-state index in [1.807, 2.05) is 23.1 Å². The monoisotopic (exact) mass is 440 g/mol. The zero-order valence-corrected chi connectivity index (χ0v) is 13.5. The Kier molecular flexibility index (Phi) is 8.11. The van der Waals surface area contributed by atoms with Gasteiger partial charge in [0, 0.05) is 0 Å². The molecular weight excluding hydrogens is 425 g/mol. The average Bonchev–Trinajstić information content (AvgIpc) is 2.30. The van der Waals surface area contributed by atoms with E-state index in [0.717, 1.165) is 11.5 Å². The van der Waals surface area contributed by atoms with Crippen LogP contribution in [0.5, 0.6) is 0 Å². The molecule has 0 heterocycles. The summed E-state index contributed by atoms with van der Waals surface area (Å²) in [6, 6.07) is 10.5. The van der Waals surface area contributed by atoms with Crippen LogP contribution in [-0.4, -0.2) is 53.8 Å². The van der Waals surface area contributed by atoms with Crippen molar-refractivity contribution in [2.24, 2.45) is 0 Å². The third kappa shape index (κ3) is 5.55. The van der Waals surface area contributed by atoms with E-state index < -0.39 is 18.8 Å². The first-order valence-electron chi connectivity index (χ1n) is 4.71. The Morgan fingerprint density at radius 3 is 1.93 bits per heavy atom. The van der Waals surface area contributed by atoms with Crippen LogP contribution >= 0.6 is 17.0 Å². The van der Waals surface area contributed by atoms with Crippen molar-refractivity contribution in [3.8, 4) is 0 Å². The van der Waals surface area contributed by atoms with Crippen molar-refractivity contribution in [3.05, 3.63) is 30.3 Å². The fourth-order valence-electron chi connectivity index (χ4n) is 0.984. The van der Waals surface area contributed by atoms with Gasteiger partial charge in [0.05, 0.1) is 0 Å². The van der Waals surface area contributed by atoms with E-state index >= 15 is 0 Å². The fraction of sp³-hybridized carbons (Fsp3) is 0.400. The standard InChI is InChI=1S/C6H5.2C2H6OS.Bi/c1-2-4-6-5-3-1;2*3-1-2-4;/h1-5H;2*3-4H,1-2H2;/q;;;+2/p-2. The summed E-state index contributed by atoms with van der Waals surface area (Å²) in [5.41, 5.74) is 0. The molecule has 0 atom stereocenters. The van der Waals surface area contributed by atoms with Gasteiger partial charge in [0.15, 0.2) is 0 Å². The van der Waals surface area contributed by atoms with Gasteiger partial charge in [0.2, 0.25) is 0 Å². The van der Waals surface area contributed by atoms with Crippen LogP contribution in [0.25, 0.3) is 0 Å². The third-order valence-electron chi connectivity index (χ3n) is 1.57. The van der Waals surface area contributed by atoms with Crippen LogP contribution in [0.3, 0.4) is 0 Å². The second-order valence-electron chi connectivity index (χ2n) is 2.71. The van der Waals surface area contributed by atoms with Gasteiger partial charge in [-0.15, -0.1) is 0 Å². The van der Waals surface area contributed by atoms with E-state index in [1.54, 1.807) is 0 Å². The molecule has 0 radical (unpaired) electrons. The second kappa shape index (κ2) is 8.83. The summed E-state index contributed by atoms with van der Waals surface area (Å²) in [4.78, 5) is 0. The molecule has 0 fully saturated rings. The van der Waals surface area contributed by atoms with Gasteiger partial charge in [-0.1, -0.05) is 0 Å². The van der Waals surface area contributed by atoms with Gasteiger partial charge in [-0.25, -0.2) is 0 Å². The predicted molar refractivity (Wildman–Crippen MR) is 70.9 cm³/mol. The summed E-state index contributed by atoms with van der Waals surface area (Å²) < 4.78 is 1.45. The Labute approximate surface area is 104 Å². The van der Waals surface area contributed by atoms with E-state index in [4.69, 9.17) is 10.2 Å². The van der Waals surface area contributed by atoms with Crippen molar-refractivity contribution in [1.29, 1.82) is 0 Å². The number of rotatable bonds is 7. The van der Waals surface area contributed by atoms with Gasteiger partial charge < -0.3 is 0 Å². The molecule has 84 valence electrons. The van der Waals surface area contributed by atoms with Crippen LogP contribution in [0.1, 0.15) is 0 Å². The van der Waals surface area contributed by atoms with Crippen LogP contribution in [-0.2, 0) is 0 Å². The molecule has 0 aliphatic rings. The summed E-state index contributed by atoms with van der Waals surface area (Å²) in [6.07, 6.45) is 0. The fourth-order valence-corrected chi connectivity index (χ4v) is 21.6. The molecule has 2 N–H and O–H groups in total. The first-order chi connectivity index (χ1) is 7.38. The van der Waals surface area contributed by atoms with E-state index in [0.29, 0.717) is 0 Å². The Balaban J connectivity index is 2.55. The van der Waals surface area contributed by atoms with Crippen LogP contribution in [0.2, 0.25) is 0 Å². The summed E-state index contributed by atoms with van der Waals surface area (Å²) in [6.45, 7) is 0.506. The Morgan fingerprint density at radius 1 is 0.933 bits per heavy atom. The zero-order valence-electron chi connectivity index (χ0n) is 8.37. The molecule has 0 saturated carbocycles. The summed E-state index contributed by atoms with van der Waals surface area (Å²) in [7, 11) is 3.84. The molecule has 1 rings (SSSR count). The molecule has 1 aromatic carbocycles. The SMILES string of the molecule is OCC[S][Bi]([S]CCO)[c]1ccccc1. The first-order valence-corrected chi connectivity index (χ1v) is 16.8. The van der Waals surface area contributed by atoms with Crippen LogP contribution in [0.4, 0.5) is 0 Å². The van der Waals surface area contributed by atoms with E-state index in [2.05, 4.69) is 24.3 Å². The van der Waals surface area contributed by atoms with Crippen LogP contribution in [0.15, 0.2) is 30.3 Å². The normalized spacial score (nSPS) is 10.9. The molecule has 5 heteroatoms. The zero-order chi connectivity index (χ0) is 10.9. The Hall–Kier alpha value is 0.723. The van der Waals surface area contributed by atoms with E-state index in [1.165, 1.54) is 3.27 Å². The molecule has 0 bridgehead atoms. The summed E-state index contributed by atoms with van der Waals surface area (Å²) in [5, 5.41) is 17.7. The van der Waals surface area contributed by atoms with E-state index in [-0.39, 0.29) is 13.2 Å². The molecule has 1 aromatic rings. The second-order valence-corrected chi connectivity index (χ2v) is 22.5. The molecule has 0 spiro atoms. The van der Waals surface area contributed by atoms with Gasteiger partial charge in [0.25, 0.3) is 0 Å². The van der Waals surface area contributed by atoms with Gasteiger partial charge >= 0.3 is 104 Å². The molecule has 0 aliphatic heterocycles. The molecule has 0 saturated heterocycles.